The predicted octanol–water partition coefficient (Wildman–Crippen LogP) is 0.622. The van der Waals surface area contributed by atoms with Crippen molar-refractivity contribution in [2.75, 3.05) is 7.11 Å². The first-order valence-electron chi connectivity index (χ1n) is 4.42. The zero-order chi connectivity index (χ0) is 12.1. The zero-order valence-corrected chi connectivity index (χ0v) is 10.7. The maximum Gasteiger partial charge on any atom is 0.338 e. The molecule has 0 atom stereocenters. The third kappa shape index (κ3) is 4.74. The minimum absolute atomic E-state index is 0. The lowest BCUT2D eigenvalue weighted by Gasteiger charge is -2.02. The molecule has 17 heavy (non-hydrogen) atoms. The van der Waals surface area contributed by atoms with E-state index >= 15 is 0 Å². The number of methoxy groups -OCH3 is 1. The van der Waals surface area contributed by atoms with Crippen LogP contribution < -0.4 is 11.5 Å². The fourth-order valence-corrected chi connectivity index (χ4v) is 1.71. The molecule has 0 saturated heterocycles. The second-order valence-electron chi connectivity index (χ2n) is 2.98. The molecule has 1 rings (SSSR count). The van der Waals surface area contributed by atoms with Gasteiger partial charge < -0.3 is 4.74 Å². The zero-order valence-electron chi connectivity index (χ0n) is 9.10. The van der Waals surface area contributed by atoms with Crippen LogP contribution in [0.25, 0.3) is 0 Å². The third-order valence-electron chi connectivity index (χ3n) is 1.87. The molecule has 0 bridgehead atoms. The minimum atomic E-state index is -0.508. The third-order valence-corrected chi connectivity index (χ3v) is 2.66. The monoisotopic (exact) mass is 279 g/mol. The van der Waals surface area contributed by atoms with Crippen molar-refractivity contribution in [3.05, 3.63) is 35.1 Å². The Labute approximate surface area is 108 Å². The van der Waals surface area contributed by atoms with Crippen molar-refractivity contribution in [2.24, 2.45) is 11.5 Å². The van der Waals surface area contributed by atoms with Gasteiger partial charge in [-0.1, -0.05) is 0 Å². The second kappa shape index (κ2) is 7.29. The van der Waals surface area contributed by atoms with Crippen LogP contribution in [-0.2, 0) is 21.8 Å². The van der Waals surface area contributed by atoms with Crippen molar-refractivity contribution < 1.29 is 13.9 Å². The molecule has 0 radical (unpaired) electrons. The van der Waals surface area contributed by atoms with Gasteiger partial charge in [-0.05, 0) is 18.2 Å². The largest absolute Gasteiger partial charge is 0.465 e. The van der Waals surface area contributed by atoms with Crippen LogP contribution in [0.5, 0.6) is 0 Å². The van der Waals surface area contributed by atoms with Crippen molar-refractivity contribution in [1.29, 1.82) is 0 Å². The molecule has 0 aromatic heterocycles. The molecule has 1 aromatic rings. The summed E-state index contributed by atoms with van der Waals surface area (Å²) in [5, 5.41) is 0.167. The van der Waals surface area contributed by atoms with Gasteiger partial charge in [0.15, 0.2) is 0 Å². The minimum Gasteiger partial charge on any atom is -0.465 e. The first-order chi connectivity index (χ1) is 7.54. The number of hydrogen-bond donors (Lipinski definition) is 2. The number of ether oxygens (including phenoxy) is 1. The van der Waals surface area contributed by atoms with E-state index in [0.29, 0.717) is 16.9 Å². The summed E-state index contributed by atoms with van der Waals surface area (Å²) in [7, 11) is 1.27. The molecule has 0 aliphatic carbocycles. The number of benzene rings is 1. The average Bonchev–Trinajstić information content (AvgIpc) is 2.25. The molecule has 0 aliphatic heterocycles. The Morgan fingerprint density at radius 1 is 1.47 bits per heavy atom. The summed E-state index contributed by atoms with van der Waals surface area (Å²) in [5.41, 5.74) is 11.4. The van der Waals surface area contributed by atoms with Gasteiger partial charge in [0.2, 0.25) is 17.1 Å². The summed E-state index contributed by atoms with van der Waals surface area (Å²) in [4.78, 5) is 11.4. The summed E-state index contributed by atoms with van der Waals surface area (Å²) in [6.07, 6.45) is 0. The lowest BCUT2D eigenvalue weighted by atomic mass is 10.1. The number of hydrogen-bond acceptors (Lipinski definition) is 2. The Morgan fingerprint density at radius 2 is 2.12 bits per heavy atom. The van der Waals surface area contributed by atoms with E-state index in [9.17, 15) is 9.18 Å². The van der Waals surface area contributed by atoms with Gasteiger partial charge in [-0.2, -0.15) is 0 Å². The van der Waals surface area contributed by atoms with Crippen LogP contribution in [0.15, 0.2) is 18.2 Å². The van der Waals surface area contributed by atoms with Crippen LogP contribution in [0.4, 0.5) is 4.39 Å². The molecule has 0 unspecified atom stereocenters. The topological polar surface area (TPSA) is 78.3 Å². The Morgan fingerprint density at radius 3 is 2.65 bits per heavy atom. The highest BCUT2D eigenvalue weighted by atomic mass is 35.5. The van der Waals surface area contributed by atoms with E-state index < -0.39 is 11.8 Å². The van der Waals surface area contributed by atoms with E-state index in [-0.39, 0.29) is 17.5 Å². The molecule has 0 heterocycles. The molecule has 0 saturated carbocycles. The number of esters is 1. The predicted molar refractivity (Wildman–Crippen MR) is 69.4 cm³/mol. The van der Waals surface area contributed by atoms with Crippen LogP contribution >= 0.6 is 12.4 Å². The van der Waals surface area contributed by atoms with Crippen molar-refractivity contribution in [3.8, 4) is 0 Å². The molecule has 94 valence electrons. The highest BCUT2D eigenvalue weighted by Crippen LogP contribution is 2.13. The SMILES string of the molecule is COC(=O)c1ccc(F)cc1C[S+]=C(N)N.Cl. The van der Waals surface area contributed by atoms with E-state index in [1.165, 1.54) is 25.3 Å². The maximum atomic E-state index is 13.0. The van der Waals surface area contributed by atoms with Crippen molar-refractivity contribution in [2.45, 2.75) is 5.75 Å². The van der Waals surface area contributed by atoms with Crippen LogP contribution in [0.1, 0.15) is 15.9 Å². The molecule has 0 aliphatic rings. The quantitative estimate of drug-likeness (QED) is 0.483. The van der Waals surface area contributed by atoms with Crippen LogP contribution in [-0.4, -0.2) is 18.2 Å². The van der Waals surface area contributed by atoms with Crippen LogP contribution in [0.2, 0.25) is 0 Å². The van der Waals surface area contributed by atoms with E-state index in [0.717, 1.165) is 11.4 Å². The molecule has 7 heteroatoms. The van der Waals surface area contributed by atoms with E-state index in [2.05, 4.69) is 4.74 Å². The average molecular weight is 280 g/mol. The maximum absolute atomic E-state index is 13.0. The standard InChI is InChI=1S/C10H12FN2O2S.ClH/c1-15-9(14)8-3-2-7(11)4-6(8)5-16-10(12)13;/h2-4H,5,12-13H2,1H3;1H/q+1;. The number of rotatable bonds is 3. The van der Waals surface area contributed by atoms with E-state index in [1.807, 2.05) is 0 Å². The van der Waals surface area contributed by atoms with Crippen molar-refractivity contribution in [1.82, 2.24) is 0 Å². The first-order valence-corrected chi connectivity index (χ1v) is 5.40. The van der Waals surface area contributed by atoms with Gasteiger partial charge in [0.25, 0.3) is 0 Å². The summed E-state index contributed by atoms with van der Waals surface area (Å²) >= 11 is 1.13. The van der Waals surface area contributed by atoms with Crippen LogP contribution in [0.3, 0.4) is 0 Å². The van der Waals surface area contributed by atoms with Gasteiger partial charge in [0.1, 0.15) is 5.82 Å². The van der Waals surface area contributed by atoms with Gasteiger partial charge in [0, 0.05) is 5.56 Å². The van der Waals surface area contributed by atoms with Gasteiger partial charge in [-0.15, -0.1) is 12.4 Å². The van der Waals surface area contributed by atoms with E-state index in [1.54, 1.807) is 0 Å². The number of nitrogens with two attached hydrogens (primary N) is 2. The summed E-state index contributed by atoms with van der Waals surface area (Å²) in [6, 6.07) is 3.85. The summed E-state index contributed by atoms with van der Waals surface area (Å²) < 4.78 is 17.6. The van der Waals surface area contributed by atoms with Crippen molar-refractivity contribution in [3.63, 3.8) is 0 Å². The molecule has 1 aromatic carbocycles. The van der Waals surface area contributed by atoms with Gasteiger partial charge >= 0.3 is 11.1 Å². The molecule has 0 fully saturated rings. The highest BCUT2D eigenvalue weighted by Gasteiger charge is 2.16. The Kier molecular flexibility index (Phi) is 6.82. The number of carbonyl (C=O) groups excluding carboxylic acids is 1. The number of carbonyl (C=O) groups is 1. The molecule has 4 N–H and O–H groups in total. The Balaban J connectivity index is 0.00000256. The Bertz CT molecular complexity index is 436. The van der Waals surface area contributed by atoms with Gasteiger partial charge in [-0.3, -0.25) is 0 Å². The van der Waals surface area contributed by atoms with Gasteiger partial charge in [0.05, 0.1) is 12.7 Å². The lowest BCUT2D eigenvalue weighted by molar-refractivity contribution is 0.0600. The summed E-state index contributed by atoms with van der Waals surface area (Å²) in [6.45, 7) is 0. The molecular weight excluding hydrogens is 267 g/mol. The fraction of sp³-hybridized carbons (Fsp3) is 0.200. The molecular formula is C10H13ClFN2O2S+. The fourth-order valence-electron chi connectivity index (χ4n) is 1.15. The normalized spacial score (nSPS) is 9.18. The molecule has 0 spiro atoms. The first kappa shape index (κ1) is 15.9. The molecule has 4 nitrogen and oxygen atoms in total. The lowest BCUT2D eigenvalue weighted by Crippen LogP contribution is -2.24. The highest BCUT2D eigenvalue weighted by molar-refractivity contribution is 7.77. The smallest absolute Gasteiger partial charge is 0.338 e. The second-order valence-corrected chi connectivity index (χ2v) is 4.03. The summed E-state index contributed by atoms with van der Waals surface area (Å²) in [5.74, 6) is -0.602. The molecule has 0 amide bonds. The van der Waals surface area contributed by atoms with Gasteiger partial charge in [-0.25, -0.2) is 20.7 Å². The van der Waals surface area contributed by atoms with E-state index in [4.69, 9.17) is 11.5 Å². The number of halogens is 2. The van der Waals surface area contributed by atoms with Crippen LogP contribution in [0, 0.1) is 5.82 Å². The van der Waals surface area contributed by atoms with Crippen molar-refractivity contribution >= 4 is 34.8 Å². The Hall–Kier alpha value is -1.08.